The van der Waals surface area contributed by atoms with Crippen LogP contribution in [-0.2, 0) is 0 Å². The first-order chi connectivity index (χ1) is 19.0. The van der Waals surface area contributed by atoms with Crippen molar-refractivity contribution in [3.8, 4) is 28.6 Å². The Kier molecular flexibility index (Phi) is 6.35. The van der Waals surface area contributed by atoms with E-state index in [0.717, 1.165) is 10.8 Å². The maximum absolute atomic E-state index is 13.6. The second kappa shape index (κ2) is 9.99. The number of carbonyl (C=O) groups excluding carboxylic acids is 2. The Hall–Kier alpha value is -4.51. The molecule has 4 aromatic rings. The van der Waals surface area contributed by atoms with Gasteiger partial charge in [-0.1, -0.05) is 12.1 Å². The van der Waals surface area contributed by atoms with Crippen LogP contribution in [0.25, 0.3) is 22.2 Å². The Labute approximate surface area is 223 Å². The van der Waals surface area contributed by atoms with Gasteiger partial charge < -0.3 is 24.2 Å². The molecule has 1 radical (unpaired) electrons. The van der Waals surface area contributed by atoms with Crippen molar-refractivity contribution >= 4 is 22.5 Å². The van der Waals surface area contributed by atoms with Crippen LogP contribution in [0.2, 0.25) is 0 Å². The molecule has 1 spiro atoms. The number of hydrogen-bond donors (Lipinski definition) is 2. The molecule has 0 saturated carbocycles. The number of nitrogens with zero attached hydrogens (tertiary/aromatic N) is 4. The van der Waals surface area contributed by atoms with Gasteiger partial charge in [0.05, 0.1) is 25.7 Å². The Balaban J connectivity index is 1.21. The molecule has 0 unspecified atom stereocenters. The number of benzene rings is 3. The molecule has 11 heteroatoms. The van der Waals surface area contributed by atoms with Gasteiger partial charge in [0.25, 0.3) is 5.91 Å². The minimum atomic E-state index is -0.780. The third kappa shape index (κ3) is 4.54. The summed E-state index contributed by atoms with van der Waals surface area (Å²) in [7, 11) is 1.58. The van der Waals surface area contributed by atoms with Crippen LogP contribution in [0.5, 0.6) is 17.2 Å². The minimum Gasteiger partial charge on any atom is -0.496 e. The number of aliphatic hydroxyl groups excluding tert-OH is 1. The summed E-state index contributed by atoms with van der Waals surface area (Å²) in [5, 5.41) is 24.6. The molecule has 2 N–H and O–H groups in total. The maximum atomic E-state index is 13.6. The highest BCUT2D eigenvalue weighted by Crippen LogP contribution is 2.40. The number of H-pyrrole nitrogens is 1. The fraction of sp³-hybridized carbons (Fsp3) is 0.286. The lowest BCUT2D eigenvalue weighted by Crippen LogP contribution is -2.52. The zero-order valence-electron chi connectivity index (χ0n) is 21.2. The number of methoxy groups -OCH3 is 1. The lowest BCUT2D eigenvalue weighted by atomic mass is 9.82. The van der Waals surface area contributed by atoms with Crippen molar-refractivity contribution < 1.29 is 28.9 Å². The SMILES string of the molecule is COc1cccc2c(OCCO)cc(C(=O)N3CCC4([CH]C(=O)c5cc(-c6nnn[nH]6)ccc5O4)CC3)cc12. The van der Waals surface area contributed by atoms with Gasteiger partial charge in [-0.15, -0.1) is 5.10 Å². The Morgan fingerprint density at radius 3 is 2.72 bits per heavy atom. The van der Waals surface area contributed by atoms with E-state index in [-0.39, 0.29) is 24.9 Å². The summed E-state index contributed by atoms with van der Waals surface area (Å²) in [6.07, 6.45) is 2.58. The zero-order valence-corrected chi connectivity index (χ0v) is 21.2. The lowest BCUT2D eigenvalue weighted by Gasteiger charge is -2.43. The summed E-state index contributed by atoms with van der Waals surface area (Å²) < 4.78 is 17.6. The molecule has 1 amide bonds. The number of ether oxygens (including phenoxy) is 3. The molecule has 11 nitrogen and oxygen atoms in total. The highest BCUT2D eigenvalue weighted by Gasteiger charge is 2.44. The van der Waals surface area contributed by atoms with Crippen molar-refractivity contribution in [2.24, 2.45) is 0 Å². The number of nitrogens with one attached hydrogen (secondary N) is 1. The van der Waals surface area contributed by atoms with Gasteiger partial charge in [0.15, 0.2) is 11.6 Å². The molecule has 6 rings (SSSR count). The van der Waals surface area contributed by atoms with E-state index in [9.17, 15) is 14.7 Å². The van der Waals surface area contributed by atoms with Crippen LogP contribution < -0.4 is 14.2 Å². The van der Waals surface area contributed by atoms with E-state index in [4.69, 9.17) is 14.2 Å². The number of aliphatic hydroxyl groups is 1. The van der Waals surface area contributed by atoms with E-state index >= 15 is 0 Å². The summed E-state index contributed by atoms with van der Waals surface area (Å²) in [5.41, 5.74) is 0.821. The normalized spacial score (nSPS) is 16.2. The number of ketones is 1. The number of rotatable bonds is 6. The monoisotopic (exact) mass is 528 g/mol. The van der Waals surface area contributed by atoms with Crippen molar-refractivity contribution in [3.63, 3.8) is 0 Å². The van der Waals surface area contributed by atoms with Gasteiger partial charge in [0, 0.05) is 47.8 Å². The number of aromatic nitrogens is 4. The fourth-order valence-electron chi connectivity index (χ4n) is 5.22. The molecule has 3 heterocycles. The van der Waals surface area contributed by atoms with Crippen molar-refractivity contribution in [2.45, 2.75) is 18.4 Å². The number of hydrogen-bond acceptors (Lipinski definition) is 9. The van der Waals surface area contributed by atoms with Gasteiger partial charge in [-0.05, 0) is 46.8 Å². The van der Waals surface area contributed by atoms with Crippen LogP contribution in [0.15, 0.2) is 48.5 Å². The highest BCUT2D eigenvalue weighted by atomic mass is 16.5. The molecule has 1 saturated heterocycles. The van der Waals surface area contributed by atoms with E-state index < -0.39 is 5.60 Å². The summed E-state index contributed by atoms with van der Waals surface area (Å²) in [5.74, 6) is 1.82. The van der Waals surface area contributed by atoms with Gasteiger partial charge in [-0.3, -0.25) is 9.59 Å². The van der Waals surface area contributed by atoms with Crippen molar-refractivity contribution in [3.05, 3.63) is 66.1 Å². The molecule has 3 aromatic carbocycles. The number of piperidine rings is 1. The maximum Gasteiger partial charge on any atom is 0.254 e. The minimum absolute atomic E-state index is 0.107. The number of fused-ring (bicyclic) bond motifs is 2. The van der Waals surface area contributed by atoms with E-state index in [1.807, 2.05) is 18.2 Å². The molecule has 1 fully saturated rings. The molecule has 2 aliphatic rings. The Morgan fingerprint density at radius 2 is 1.97 bits per heavy atom. The quantitative estimate of drug-likeness (QED) is 0.387. The summed E-state index contributed by atoms with van der Waals surface area (Å²) >= 11 is 0. The zero-order chi connectivity index (χ0) is 27.0. The first-order valence-electron chi connectivity index (χ1n) is 12.6. The fourth-order valence-corrected chi connectivity index (χ4v) is 5.22. The summed E-state index contributed by atoms with van der Waals surface area (Å²) in [6.45, 7) is 0.789. The number of carbonyl (C=O) groups is 2. The molecule has 0 bridgehead atoms. The van der Waals surface area contributed by atoms with E-state index in [1.54, 1.807) is 48.8 Å². The Morgan fingerprint density at radius 1 is 1.13 bits per heavy atom. The average molecular weight is 529 g/mol. The smallest absolute Gasteiger partial charge is 0.254 e. The second-order valence-corrected chi connectivity index (χ2v) is 9.53. The first-order valence-corrected chi connectivity index (χ1v) is 12.6. The van der Waals surface area contributed by atoms with Gasteiger partial charge >= 0.3 is 0 Å². The van der Waals surface area contributed by atoms with E-state index in [1.165, 1.54) is 0 Å². The van der Waals surface area contributed by atoms with Crippen LogP contribution in [0, 0.1) is 6.42 Å². The number of likely N-dealkylation sites (tertiary alicyclic amines) is 1. The van der Waals surface area contributed by atoms with Crippen LogP contribution in [-0.4, -0.2) is 81.3 Å². The number of amides is 1. The third-order valence-corrected chi connectivity index (χ3v) is 7.20. The highest BCUT2D eigenvalue weighted by molar-refractivity contribution is 6.07. The topological polar surface area (TPSA) is 140 Å². The van der Waals surface area contributed by atoms with Gasteiger partial charge in [-0.25, -0.2) is 5.10 Å². The standard InChI is InChI=1S/C28H26N5O6/c1-37-23-4-2-3-19-20(23)14-18(15-25(19)38-12-11-34)27(36)33-9-7-28(8-10-33)16-22(35)21-13-17(5-6-24(21)39-28)26-29-31-32-30-26/h2-6,13-16,34H,7-12H2,1H3,(H,29,30,31,32). The van der Waals surface area contributed by atoms with Gasteiger partial charge in [-0.2, -0.15) is 0 Å². The van der Waals surface area contributed by atoms with Crippen LogP contribution in [0.1, 0.15) is 33.6 Å². The Bertz CT molecular complexity index is 1550. The molecular formula is C28H26N5O6. The molecule has 199 valence electrons. The largest absolute Gasteiger partial charge is 0.496 e. The molecule has 39 heavy (non-hydrogen) atoms. The van der Waals surface area contributed by atoms with E-state index in [0.29, 0.717) is 65.7 Å². The van der Waals surface area contributed by atoms with Gasteiger partial charge in [0.1, 0.15) is 29.5 Å². The molecule has 0 atom stereocenters. The predicted octanol–water partition coefficient (Wildman–Crippen LogP) is 2.85. The lowest BCUT2D eigenvalue weighted by molar-refractivity contribution is 0.0192. The van der Waals surface area contributed by atoms with Gasteiger partial charge in [0.2, 0.25) is 0 Å². The molecular weight excluding hydrogens is 502 g/mol. The summed E-state index contributed by atoms with van der Waals surface area (Å²) in [4.78, 5) is 28.5. The van der Waals surface area contributed by atoms with Crippen molar-refractivity contribution in [1.29, 1.82) is 0 Å². The number of aromatic amines is 1. The first kappa shape index (κ1) is 24.8. The number of Topliss-reactive ketones (excluding diaryl/α,β-unsaturated/α-hetero) is 1. The molecule has 0 aliphatic carbocycles. The van der Waals surface area contributed by atoms with Crippen molar-refractivity contribution in [2.75, 3.05) is 33.4 Å². The molecule has 2 aliphatic heterocycles. The van der Waals surface area contributed by atoms with Crippen LogP contribution >= 0.6 is 0 Å². The van der Waals surface area contributed by atoms with E-state index in [2.05, 4.69) is 20.6 Å². The average Bonchev–Trinajstić information content (AvgIpc) is 3.50. The molecule has 1 aromatic heterocycles. The third-order valence-electron chi connectivity index (χ3n) is 7.20. The number of tetrazole rings is 1. The predicted molar refractivity (Wildman–Crippen MR) is 140 cm³/mol. The summed E-state index contributed by atoms with van der Waals surface area (Å²) in [6, 6.07) is 14.3. The van der Waals surface area contributed by atoms with Crippen LogP contribution in [0.4, 0.5) is 0 Å². The van der Waals surface area contributed by atoms with Crippen LogP contribution in [0.3, 0.4) is 0 Å². The van der Waals surface area contributed by atoms with Crippen molar-refractivity contribution in [1.82, 2.24) is 25.5 Å². The second-order valence-electron chi connectivity index (χ2n) is 9.53.